The van der Waals surface area contributed by atoms with Crippen LogP contribution in [0.15, 0.2) is 64.6 Å². The highest BCUT2D eigenvalue weighted by Crippen LogP contribution is 2.31. The van der Waals surface area contributed by atoms with Gasteiger partial charge in [-0.15, -0.1) is 11.3 Å². The van der Waals surface area contributed by atoms with E-state index < -0.39 is 0 Å². The molecule has 0 radical (unpaired) electrons. The molecule has 0 saturated heterocycles. The van der Waals surface area contributed by atoms with Gasteiger partial charge in [-0.2, -0.15) is 10.1 Å². The first-order valence-electron chi connectivity index (χ1n) is 8.10. The molecule has 134 valence electrons. The number of aromatic nitrogens is 1. The molecular weight excluding hydrogens is 385 g/mol. The number of anilines is 1. The van der Waals surface area contributed by atoms with Crippen LogP contribution in [0.2, 0.25) is 5.02 Å². The van der Waals surface area contributed by atoms with E-state index in [2.05, 4.69) is 10.1 Å². The highest BCUT2D eigenvalue weighted by molar-refractivity contribution is 7.14. The maximum Gasteiger partial charge on any atom is 0.282 e. The Balaban J connectivity index is 1.61. The van der Waals surface area contributed by atoms with E-state index in [-0.39, 0.29) is 11.7 Å². The summed E-state index contributed by atoms with van der Waals surface area (Å²) in [6, 6.07) is 13.3. The fourth-order valence-corrected chi connectivity index (χ4v) is 3.56. The molecule has 0 spiro atoms. The van der Waals surface area contributed by atoms with Gasteiger partial charge in [0.05, 0.1) is 17.0 Å². The number of amides is 1. The highest BCUT2D eigenvalue weighted by Gasteiger charge is 2.30. The van der Waals surface area contributed by atoms with Crippen molar-refractivity contribution < 1.29 is 9.18 Å². The van der Waals surface area contributed by atoms with Crippen LogP contribution in [-0.4, -0.2) is 16.6 Å². The van der Waals surface area contributed by atoms with Crippen molar-refractivity contribution in [3.8, 4) is 11.3 Å². The number of benzene rings is 2. The minimum atomic E-state index is -0.305. The average molecular weight is 398 g/mol. The summed E-state index contributed by atoms with van der Waals surface area (Å²) in [5.41, 5.74) is 3.45. The van der Waals surface area contributed by atoms with E-state index in [9.17, 15) is 9.18 Å². The predicted molar refractivity (Wildman–Crippen MR) is 108 cm³/mol. The summed E-state index contributed by atoms with van der Waals surface area (Å²) < 4.78 is 13.1. The molecule has 0 N–H and O–H groups in total. The number of carbonyl (C=O) groups excluding carboxylic acids is 1. The van der Waals surface area contributed by atoms with Crippen molar-refractivity contribution in [1.29, 1.82) is 0 Å². The summed E-state index contributed by atoms with van der Waals surface area (Å²) in [6.07, 6.45) is 1.78. The van der Waals surface area contributed by atoms with E-state index in [1.54, 1.807) is 37.3 Å². The van der Waals surface area contributed by atoms with Gasteiger partial charge < -0.3 is 0 Å². The summed E-state index contributed by atoms with van der Waals surface area (Å²) in [5, 5.41) is 8.58. The summed E-state index contributed by atoms with van der Waals surface area (Å²) in [4.78, 5) is 17.3. The molecule has 1 aliphatic rings. The maximum absolute atomic E-state index is 13.1. The molecule has 1 aromatic heterocycles. The molecule has 7 heteroatoms. The number of nitrogens with zero attached hydrogens (tertiary/aromatic N) is 3. The summed E-state index contributed by atoms with van der Waals surface area (Å²) in [6.45, 7) is 1.79. The highest BCUT2D eigenvalue weighted by atomic mass is 35.5. The number of carbonyl (C=O) groups is 1. The summed E-state index contributed by atoms with van der Waals surface area (Å²) in [5.74, 6) is -0.538. The molecule has 1 amide bonds. The average Bonchev–Trinajstić information content (AvgIpc) is 3.24. The SMILES string of the molecule is CC1=NN(c2nc(-c3ccc(F)cc3)cs2)C(=O)/C1=C/c1ccc(Cl)cc1. The third kappa shape index (κ3) is 3.54. The van der Waals surface area contributed by atoms with Crippen molar-refractivity contribution >= 4 is 45.8 Å². The van der Waals surface area contributed by atoms with Gasteiger partial charge in [-0.1, -0.05) is 23.7 Å². The third-order valence-electron chi connectivity index (χ3n) is 4.06. The molecule has 0 atom stereocenters. The van der Waals surface area contributed by atoms with Crippen molar-refractivity contribution in [1.82, 2.24) is 4.98 Å². The third-order valence-corrected chi connectivity index (χ3v) is 5.12. The van der Waals surface area contributed by atoms with Crippen LogP contribution in [0.25, 0.3) is 17.3 Å². The van der Waals surface area contributed by atoms with Crippen LogP contribution in [-0.2, 0) is 4.79 Å². The lowest BCUT2D eigenvalue weighted by Crippen LogP contribution is -2.21. The number of rotatable bonds is 3. The Morgan fingerprint density at radius 1 is 1.11 bits per heavy atom. The monoisotopic (exact) mass is 397 g/mol. The zero-order valence-corrected chi connectivity index (χ0v) is 15.8. The summed E-state index contributed by atoms with van der Waals surface area (Å²) in [7, 11) is 0. The zero-order valence-electron chi connectivity index (χ0n) is 14.2. The quantitative estimate of drug-likeness (QED) is 0.555. The fraction of sp³-hybridized carbons (Fsp3) is 0.0500. The molecule has 2 heterocycles. The van der Waals surface area contributed by atoms with E-state index >= 15 is 0 Å². The zero-order chi connectivity index (χ0) is 19.0. The molecule has 0 bridgehead atoms. The Hall–Kier alpha value is -2.83. The van der Waals surface area contributed by atoms with Crippen LogP contribution in [0.4, 0.5) is 9.52 Å². The van der Waals surface area contributed by atoms with Gasteiger partial charge in [-0.3, -0.25) is 4.79 Å². The molecule has 2 aromatic carbocycles. The molecule has 27 heavy (non-hydrogen) atoms. The smallest absolute Gasteiger partial charge is 0.267 e. The molecule has 0 unspecified atom stereocenters. The molecule has 4 nitrogen and oxygen atoms in total. The van der Waals surface area contributed by atoms with Gasteiger partial charge in [0.25, 0.3) is 5.91 Å². The van der Waals surface area contributed by atoms with Gasteiger partial charge in [0.2, 0.25) is 5.13 Å². The van der Waals surface area contributed by atoms with Crippen LogP contribution in [0.5, 0.6) is 0 Å². The molecule has 0 fully saturated rings. The van der Waals surface area contributed by atoms with Crippen molar-refractivity contribution in [2.45, 2.75) is 6.92 Å². The molecule has 3 aromatic rings. The van der Waals surface area contributed by atoms with Crippen LogP contribution in [0.3, 0.4) is 0 Å². The number of hydrogen-bond acceptors (Lipinski definition) is 4. The van der Waals surface area contributed by atoms with Crippen LogP contribution in [0, 0.1) is 5.82 Å². The van der Waals surface area contributed by atoms with E-state index in [1.165, 1.54) is 28.5 Å². The Kier molecular flexibility index (Phi) is 4.59. The van der Waals surface area contributed by atoms with Gasteiger partial charge >= 0.3 is 0 Å². The Morgan fingerprint density at radius 3 is 2.52 bits per heavy atom. The van der Waals surface area contributed by atoms with Crippen molar-refractivity contribution in [3.05, 3.63) is 75.9 Å². The first-order chi connectivity index (χ1) is 13.0. The number of hydrazone groups is 1. The number of halogens is 2. The number of thiazole rings is 1. The molecule has 0 saturated carbocycles. The van der Waals surface area contributed by atoms with Crippen molar-refractivity contribution in [2.24, 2.45) is 5.10 Å². The molecular formula is C20H13ClFN3OS. The Labute approximate surface area is 164 Å². The van der Waals surface area contributed by atoms with Crippen molar-refractivity contribution in [2.75, 3.05) is 5.01 Å². The van der Waals surface area contributed by atoms with Crippen molar-refractivity contribution in [3.63, 3.8) is 0 Å². The molecule has 4 rings (SSSR count). The van der Waals surface area contributed by atoms with Crippen LogP contribution >= 0.6 is 22.9 Å². The standard InChI is InChI=1S/C20H13ClFN3OS/c1-12-17(10-13-2-6-15(21)7-3-13)19(26)25(24-12)20-23-18(11-27-20)14-4-8-16(22)9-5-14/h2-11H,1H3/b17-10+. The lowest BCUT2D eigenvalue weighted by Gasteiger charge is -2.07. The van der Waals surface area contributed by atoms with Crippen LogP contribution in [0.1, 0.15) is 12.5 Å². The van der Waals surface area contributed by atoms with Gasteiger partial charge in [0, 0.05) is 16.0 Å². The van der Waals surface area contributed by atoms with Gasteiger partial charge in [-0.05, 0) is 55.0 Å². The second-order valence-electron chi connectivity index (χ2n) is 5.93. The van der Waals surface area contributed by atoms with E-state index in [0.29, 0.717) is 27.1 Å². The normalized spacial score (nSPS) is 15.5. The second kappa shape index (κ2) is 7.06. The van der Waals surface area contributed by atoms with Gasteiger partial charge in [-0.25, -0.2) is 9.37 Å². The van der Waals surface area contributed by atoms with Gasteiger partial charge in [0.1, 0.15) is 5.82 Å². The fourth-order valence-electron chi connectivity index (χ4n) is 2.65. The topological polar surface area (TPSA) is 45.6 Å². The summed E-state index contributed by atoms with van der Waals surface area (Å²) >= 11 is 7.21. The number of hydrogen-bond donors (Lipinski definition) is 0. The van der Waals surface area contributed by atoms with Gasteiger partial charge in [0.15, 0.2) is 0 Å². The Morgan fingerprint density at radius 2 is 1.81 bits per heavy atom. The molecule has 0 aliphatic carbocycles. The van der Waals surface area contributed by atoms with E-state index in [1.807, 2.05) is 17.5 Å². The first-order valence-corrected chi connectivity index (χ1v) is 9.36. The minimum absolute atomic E-state index is 0.234. The first kappa shape index (κ1) is 17.6. The lowest BCUT2D eigenvalue weighted by atomic mass is 10.1. The predicted octanol–water partition coefficient (Wildman–Crippen LogP) is 5.41. The largest absolute Gasteiger partial charge is 0.282 e. The minimum Gasteiger partial charge on any atom is -0.267 e. The lowest BCUT2D eigenvalue weighted by molar-refractivity contribution is -0.114. The second-order valence-corrected chi connectivity index (χ2v) is 7.21. The Bertz CT molecular complexity index is 1070. The molecule has 1 aliphatic heterocycles. The maximum atomic E-state index is 13.1. The van der Waals surface area contributed by atoms with Crippen LogP contribution < -0.4 is 5.01 Å². The van der Waals surface area contributed by atoms with E-state index in [4.69, 9.17) is 11.6 Å². The van der Waals surface area contributed by atoms with E-state index in [0.717, 1.165) is 11.1 Å².